The molecule has 1 amide bonds. The molecule has 11 heteroatoms. The highest BCUT2D eigenvalue weighted by Gasteiger charge is 2.36. The summed E-state index contributed by atoms with van der Waals surface area (Å²) in [6.45, 7) is 2.15. The Bertz CT molecular complexity index is 1290. The molecule has 4 heterocycles. The number of anilines is 1. The van der Waals surface area contributed by atoms with Crippen molar-refractivity contribution in [2.45, 2.75) is 19.1 Å². The van der Waals surface area contributed by atoms with E-state index in [4.69, 9.17) is 4.52 Å². The quantitative estimate of drug-likeness (QED) is 0.421. The highest BCUT2D eigenvalue weighted by Crippen LogP contribution is 2.35. The summed E-state index contributed by atoms with van der Waals surface area (Å²) in [5, 5.41) is 8.38. The molecule has 0 fully saturated rings. The van der Waals surface area contributed by atoms with Crippen LogP contribution < -0.4 is 4.90 Å². The Kier molecular flexibility index (Phi) is 5.75. The van der Waals surface area contributed by atoms with E-state index in [2.05, 4.69) is 15.2 Å². The van der Waals surface area contributed by atoms with Crippen molar-refractivity contribution in [3.05, 3.63) is 72.2 Å². The van der Waals surface area contributed by atoms with Crippen LogP contribution in [0.4, 0.5) is 18.9 Å². The van der Waals surface area contributed by atoms with Crippen molar-refractivity contribution in [2.75, 3.05) is 11.4 Å². The van der Waals surface area contributed by atoms with Crippen LogP contribution in [0, 0.1) is 0 Å². The summed E-state index contributed by atoms with van der Waals surface area (Å²) < 4.78 is 45.8. The molecule has 170 valence electrons. The van der Waals surface area contributed by atoms with E-state index >= 15 is 0 Å². The molecule has 1 aromatic carbocycles. The molecule has 1 aliphatic heterocycles. The molecule has 4 aromatic rings. The molecule has 0 spiro atoms. The van der Waals surface area contributed by atoms with Crippen molar-refractivity contribution in [2.24, 2.45) is 0 Å². The van der Waals surface area contributed by atoms with Crippen LogP contribution in [0.1, 0.15) is 29.0 Å². The van der Waals surface area contributed by atoms with E-state index in [0.29, 0.717) is 28.4 Å². The van der Waals surface area contributed by atoms with E-state index in [-0.39, 0.29) is 37.7 Å². The molecule has 0 saturated carbocycles. The minimum Gasteiger partial charge on any atom is -0.355 e. The van der Waals surface area contributed by atoms with E-state index in [1.807, 2.05) is 13.0 Å². The number of benzene rings is 1. The average molecular weight is 473 g/mol. The minimum atomic E-state index is -4.44. The van der Waals surface area contributed by atoms with E-state index in [9.17, 15) is 18.0 Å². The predicted molar refractivity (Wildman–Crippen MR) is 119 cm³/mol. The molecule has 1 atom stereocenters. The van der Waals surface area contributed by atoms with E-state index in [1.54, 1.807) is 29.1 Å². The molecular formula is C22H18F3N5O2S. The van der Waals surface area contributed by atoms with Gasteiger partial charge in [0.05, 0.1) is 29.1 Å². The largest absolute Gasteiger partial charge is 0.416 e. The molecule has 0 N–H and O–H groups in total. The van der Waals surface area contributed by atoms with E-state index in [1.165, 1.54) is 23.2 Å². The maximum absolute atomic E-state index is 13.3. The van der Waals surface area contributed by atoms with E-state index < -0.39 is 11.7 Å². The summed E-state index contributed by atoms with van der Waals surface area (Å²) in [6.07, 6.45) is -1.28. The SMILES string of the molecule is C[C@H]1CN(c2ccc(C(F)(F)F)cc2)C(=O)c2c(-c3cc(-c4ccccn4)no3)cnn21.S. The Morgan fingerprint density at radius 1 is 1.09 bits per heavy atom. The molecule has 0 saturated heterocycles. The second kappa shape index (κ2) is 8.39. The molecule has 3 aromatic heterocycles. The van der Waals surface area contributed by atoms with Crippen molar-refractivity contribution in [3.8, 4) is 22.7 Å². The molecule has 1 aliphatic rings. The Hall–Kier alpha value is -3.60. The van der Waals surface area contributed by atoms with E-state index in [0.717, 1.165) is 12.1 Å². The fourth-order valence-electron chi connectivity index (χ4n) is 3.73. The van der Waals surface area contributed by atoms with Crippen molar-refractivity contribution >= 4 is 25.1 Å². The summed E-state index contributed by atoms with van der Waals surface area (Å²) in [6, 6.07) is 11.4. The topological polar surface area (TPSA) is 77.1 Å². The summed E-state index contributed by atoms with van der Waals surface area (Å²) in [5.41, 5.74) is 1.47. The van der Waals surface area contributed by atoms with Gasteiger partial charge in [0.25, 0.3) is 5.91 Å². The number of hydrogen-bond donors (Lipinski definition) is 0. The lowest BCUT2D eigenvalue weighted by Gasteiger charge is -2.32. The van der Waals surface area contributed by atoms with Gasteiger partial charge in [-0.05, 0) is 43.3 Å². The Balaban J connectivity index is 0.00000259. The standard InChI is InChI=1S/C22H16F3N5O2.H2S/c1-13-12-29(15-7-5-14(6-8-15)22(23,24)25)21(31)20-16(11-27-30(13)20)19-10-18(28-32-19)17-4-2-3-9-26-17;/h2-11,13H,12H2,1H3;1H2/t13-;/m0./s1. The first kappa shape index (κ1) is 22.6. The predicted octanol–water partition coefficient (Wildman–Crippen LogP) is 4.95. The van der Waals surface area contributed by atoms with Gasteiger partial charge in [-0.2, -0.15) is 31.8 Å². The lowest BCUT2D eigenvalue weighted by Crippen LogP contribution is -2.42. The summed E-state index contributed by atoms with van der Waals surface area (Å²) in [4.78, 5) is 19.0. The fourth-order valence-corrected chi connectivity index (χ4v) is 3.73. The van der Waals surface area contributed by atoms with Crippen LogP contribution in [0.2, 0.25) is 0 Å². The number of hydrogen-bond acceptors (Lipinski definition) is 5. The maximum atomic E-state index is 13.3. The third kappa shape index (κ3) is 3.99. The van der Waals surface area contributed by atoms with Crippen LogP contribution in [0.5, 0.6) is 0 Å². The molecule has 33 heavy (non-hydrogen) atoms. The number of halogens is 3. The summed E-state index contributed by atoms with van der Waals surface area (Å²) in [7, 11) is 0. The van der Waals surface area contributed by atoms with Crippen molar-refractivity contribution in [1.29, 1.82) is 0 Å². The zero-order valence-corrected chi connectivity index (χ0v) is 18.2. The van der Waals surface area contributed by atoms with Gasteiger partial charge in [0.1, 0.15) is 11.4 Å². The zero-order valence-electron chi connectivity index (χ0n) is 17.2. The lowest BCUT2D eigenvalue weighted by molar-refractivity contribution is -0.137. The average Bonchev–Trinajstić information content (AvgIpc) is 3.44. The first-order valence-corrected chi connectivity index (χ1v) is 9.78. The van der Waals surface area contributed by atoms with Gasteiger partial charge in [-0.3, -0.25) is 14.5 Å². The first-order valence-electron chi connectivity index (χ1n) is 9.78. The Morgan fingerprint density at radius 3 is 2.52 bits per heavy atom. The zero-order chi connectivity index (χ0) is 22.5. The second-order valence-corrected chi connectivity index (χ2v) is 7.45. The normalized spacial score (nSPS) is 15.8. The second-order valence-electron chi connectivity index (χ2n) is 7.45. The van der Waals surface area contributed by atoms with Crippen LogP contribution in [-0.4, -0.2) is 32.4 Å². The number of fused-ring (bicyclic) bond motifs is 1. The molecule has 7 nitrogen and oxygen atoms in total. The van der Waals surface area contributed by atoms with Gasteiger partial charge in [0.2, 0.25) is 0 Å². The van der Waals surface area contributed by atoms with Crippen molar-refractivity contribution in [3.63, 3.8) is 0 Å². The number of aromatic nitrogens is 4. The first-order chi connectivity index (χ1) is 15.3. The summed E-state index contributed by atoms with van der Waals surface area (Å²) >= 11 is 0. The maximum Gasteiger partial charge on any atom is 0.416 e. The van der Waals surface area contributed by atoms with Crippen LogP contribution in [-0.2, 0) is 6.18 Å². The Morgan fingerprint density at radius 2 is 1.85 bits per heavy atom. The number of nitrogens with zero attached hydrogens (tertiary/aromatic N) is 5. The third-order valence-electron chi connectivity index (χ3n) is 5.32. The minimum absolute atomic E-state index is 0. The highest BCUT2D eigenvalue weighted by molar-refractivity contribution is 7.59. The molecule has 0 aliphatic carbocycles. The molecule has 0 unspecified atom stereocenters. The van der Waals surface area contributed by atoms with Crippen LogP contribution in [0.25, 0.3) is 22.7 Å². The third-order valence-corrected chi connectivity index (χ3v) is 5.32. The van der Waals surface area contributed by atoms with Crippen LogP contribution >= 0.6 is 13.5 Å². The highest BCUT2D eigenvalue weighted by atomic mass is 32.1. The number of alkyl halides is 3. The number of carbonyl (C=O) groups excluding carboxylic acids is 1. The lowest BCUT2D eigenvalue weighted by atomic mass is 10.1. The Labute approximate surface area is 193 Å². The summed E-state index contributed by atoms with van der Waals surface area (Å²) in [5.74, 6) is -0.0344. The van der Waals surface area contributed by atoms with Crippen LogP contribution in [0.15, 0.2) is 65.4 Å². The molecule has 0 radical (unpaired) electrons. The number of carbonyl (C=O) groups is 1. The smallest absolute Gasteiger partial charge is 0.355 e. The number of rotatable bonds is 3. The van der Waals surface area contributed by atoms with Gasteiger partial charge < -0.3 is 9.42 Å². The van der Waals surface area contributed by atoms with Crippen molar-refractivity contribution in [1.82, 2.24) is 19.9 Å². The van der Waals surface area contributed by atoms with Gasteiger partial charge in [-0.15, -0.1) is 0 Å². The molecule has 5 rings (SSSR count). The molecule has 0 bridgehead atoms. The van der Waals surface area contributed by atoms with Crippen LogP contribution in [0.3, 0.4) is 0 Å². The van der Waals surface area contributed by atoms with Crippen molar-refractivity contribution < 1.29 is 22.5 Å². The van der Waals surface area contributed by atoms with Gasteiger partial charge in [0, 0.05) is 24.5 Å². The molecular weight excluding hydrogens is 455 g/mol. The van der Waals surface area contributed by atoms with Gasteiger partial charge in [-0.25, -0.2) is 0 Å². The monoisotopic (exact) mass is 473 g/mol. The van der Waals surface area contributed by atoms with Gasteiger partial charge in [-0.1, -0.05) is 11.2 Å². The fraction of sp³-hybridized carbons (Fsp3) is 0.182. The number of amides is 1. The number of pyridine rings is 1. The van der Waals surface area contributed by atoms with Gasteiger partial charge >= 0.3 is 6.18 Å². The van der Waals surface area contributed by atoms with Gasteiger partial charge in [0.15, 0.2) is 5.76 Å².